The molecule has 0 radical (unpaired) electrons. The number of hydrogen-bond donors (Lipinski definition) is 1. The Morgan fingerprint density at radius 2 is 1.68 bits per heavy atom. The Labute approximate surface area is 204 Å². The molecule has 9 nitrogen and oxygen atoms in total. The second-order valence-electron chi connectivity index (χ2n) is 7.24. The number of rotatable bonds is 6. The van der Waals surface area contributed by atoms with Gasteiger partial charge < -0.3 is 0 Å². The smallest absolute Gasteiger partial charge is 0.261 e. The Morgan fingerprint density at radius 3 is 2.41 bits per heavy atom. The molecule has 0 spiro atoms. The predicted octanol–water partition coefficient (Wildman–Crippen LogP) is 4.52. The van der Waals surface area contributed by atoms with Crippen molar-refractivity contribution >= 4 is 50.2 Å². The third-order valence-corrected chi connectivity index (χ3v) is 7.29. The highest BCUT2D eigenvalue weighted by molar-refractivity contribution is 7.99. The quantitative estimate of drug-likeness (QED) is 0.355. The Hall–Kier alpha value is -3.54. The fourth-order valence-electron chi connectivity index (χ4n) is 3.17. The summed E-state index contributed by atoms with van der Waals surface area (Å²) in [5, 5.41) is 13.1. The first-order chi connectivity index (χ1) is 16.4. The number of para-hydroxylation sites is 2. The van der Waals surface area contributed by atoms with Crippen LogP contribution in [-0.2, 0) is 10.0 Å². The van der Waals surface area contributed by atoms with Gasteiger partial charge in [-0.25, -0.2) is 18.4 Å². The Morgan fingerprint density at radius 1 is 0.941 bits per heavy atom. The van der Waals surface area contributed by atoms with Crippen molar-refractivity contribution in [3.63, 3.8) is 0 Å². The maximum atomic E-state index is 13.1. The second-order valence-corrected chi connectivity index (χ2v) is 10.3. The van der Waals surface area contributed by atoms with Crippen LogP contribution in [0, 0.1) is 6.92 Å². The molecule has 0 aliphatic rings. The molecule has 0 unspecified atom stereocenters. The van der Waals surface area contributed by atoms with Gasteiger partial charge in [0.25, 0.3) is 10.0 Å². The number of benzene rings is 3. The topological polar surface area (TPSA) is 116 Å². The number of nitrogens with zero attached hydrogens (tertiary/aromatic N) is 6. The van der Waals surface area contributed by atoms with E-state index in [9.17, 15) is 8.42 Å². The summed E-state index contributed by atoms with van der Waals surface area (Å²) in [7, 11) is -3.95. The van der Waals surface area contributed by atoms with E-state index in [1.807, 2.05) is 37.3 Å². The molecule has 34 heavy (non-hydrogen) atoms. The summed E-state index contributed by atoms with van der Waals surface area (Å²) in [5.41, 5.74) is 2.96. The van der Waals surface area contributed by atoms with Gasteiger partial charge in [0, 0.05) is 5.02 Å². The van der Waals surface area contributed by atoms with E-state index >= 15 is 0 Å². The van der Waals surface area contributed by atoms with Crippen LogP contribution in [0.5, 0.6) is 0 Å². The molecule has 0 amide bonds. The number of aromatic nitrogens is 6. The molecular weight excluding hydrogens is 494 g/mol. The molecule has 0 saturated carbocycles. The number of fused-ring (bicyclic) bond motifs is 1. The lowest BCUT2D eigenvalue weighted by Crippen LogP contribution is -2.15. The summed E-state index contributed by atoms with van der Waals surface area (Å²) in [5.74, 6) is 0.0671. The first-order valence-electron chi connectivity index (χ1n) is 9.97. The van der Waals surface area contributed by atoms with Crippen LogP contribution in [0.15, 0.2) is 87.9 Å². The molecule has 2 heterocycles. The van der Waals surface area contributed by atoms with Crippen molar-refractivity contribution in [3.8, 4) is 5.69 Å². The van der Waals surface area contributed by atoms with Crippen molar-refractivity contribution in [2.75, 3.05) is 4.72 Å². The van der Waals surface area contributed by atoms with Crippen LogP contribution in [0.25, 0.3) is 16.7 Å². The minimum absolute atomic E-state index is 0.0485. The first-order valence-corrected chi connectivity index (χ1v) is 12.7. The SMILES string of the molecule is Cc1cccc(-n2nnnc2Sc2nc3ccccc3nc2NS(=O)(=O)c2ccc(Cl)cc2)c1. The lowest BCUT2D eigenvalue weighted by atomic mass is 10.2. The summed E-state index contributed by atoms with van der Waals surface area (Å²) in [4.78, 5) is 9.21. The average Bonchev–Trinajstić information content (AvgIpc) is 3.28. The van der Waals surface area contributed by atoms with Crippen LogP contribution in [-0.4, -0.2) is 38.6 Å². The van der Waals surface area contributed by atoms with Crippen LogP contribution in [0.1, 0.15) is 5.56 Å². The lowest BCUT2D eigenvalue weighted by Gasteiger charge is -2.12. The van der Waals surface area contributed by atoms with E-state index in [1.165, 1.54) is 24.3 Å². The molecule has 3 aromatic carbocycles. The van der Waals surface area contributed by atoms with E-state index in [1.54, 1.807) is 22.9 Å². The highest BCUT2D eigenvalue weighted by Gasteiger charge is 2.21. The fraction of sp³-hybridized carbons (Fsp3) is 0.0455. The van der Waals surface area contributed by atoms with Crippen LogP contribution >= 0.6 is 23.4 Å². The third kappa shape index (κ3) is 4.58. The molecule has 5 rings (SSSR count). The summed E-state index contributed by atoms with van der Waals surface area (Å²) in [6.07, 6.45) is 0. The monoisotopic (exact) mass is 509 g/mol. The van der Waals surface area contributed by atoms with E-state index in [0.29, 0.717) is 26.2 Å². The minimum atomic E-state index is -3.95. The number of anilines is 1. The molecule has 0 saturated heterocycles. The molecule has 5 aromatic rings. The minimum Gasteiger partial charge on any atom is -0.261 e. The molecule has 170 valence electrons. The molecule has 0 aliphatic carbocycles. The van der Waals surface area contributed by atoms with Crippen molar-refractivity contribution in [2.45, 2.75) is 22.0 Å². The normalized spacial score (nSPS) is 11.6. The predicted molar refractivity (Wildman–Crippen MR) is 130 cm³/mol. The van der Waals surface area contributed by atoms with E-state index in [0.717, 1.165) is 23.0 Å². The molecule has 0 bridgehead atoms. The first kappa shape index (κ1) is 22.3. The van der Waals surface area contributed by atoms with Gasteiger partial charge in [0.15, 0.2) is 5.82 Å². The van der Waals surface area contributed by atoms with Crippen molar-refractivity contribution in [1.29, 1.82) is 0 Å². The Kier molecular flexibility index (Phi) is 5.90. The zero-order valence-corrected chi connectivity index (χ0v) is 20.0. The molecule has 0 aliphatic heterocycles. The van der Waals surface area contributed by atoms with Crippen molar-refractivity contribution in [3.05, 3.63) is 83.4 Å². The van der Waals surface area contributed by atoms with Gasteiger partial charge in [0.05, 0.1) is 21.6 Å². The van der Waals surface area contributed by atoms with E-state index in [2.05, 4.69) is 30.2 Å². The summed E-state index contributed by atoms with van der Waals surface area (Å²) < 4.78 is 30.2. The second kappa shape index (κ2) is 9.01. The zero-order valence-electron chi connectivity index (χ0n) is 17.6. The van der Waals surface area contributed by atoms with Gasteiger partial charge in [0.1, 0.15) is 5.03 Å². The van der Waals surface area contributed by atoms with Crippen LogP contribution in [0.2, 0.25) is 5.02 Å². The van der Waals surface area contributed by atoms with Crippen LogP contribution in [0.4, 0.5) is 5.82 Å². The standard InChI is InChI=1S/C22H16ClN7O2S2/c1-14-5-4-6-16(13-14)30-22(26-28-29-30)33-21-20(24-18-7-2-3-8-19(18)25-21)27-34(31,32)17-11-9-15(23)10-12-17/h2-13H,1H3,(H,24,27). The van der Waals surface area contributed by atoms with Gasteiger partial charge in [-0.15, -0.1) is 5.10 Å². The number of nitrogens with one attached hydrogen (secondary N) is 1. The van der Waals surface area contributed by atoms with E-state index in [-0.39, 0.29) is 10.7 Å². The number of hydrogen-bond acceptors (Lipinski definition) is 8. The van der Waals surface area contributed by atoms with Crippen LogP contribution in [0.3, 0.4) is 0 Å². The van der Waals surface area contributed by atoms with Gasteiger partial charge in [-0.3, -0.25) is 4.72 Å². The van der Waals surface area contributed by atoms with Crippen molar-refractivity contribution in [2.24, 2.45) is 0 Å². The van der Waals surface area contributed by atoms with Crippen molar-refractivity contribution in [1.82, 2.24) is 30.2 Å². The van der Waals surface area contributed by atoms with Gasteiger partial charge in [0.2, 0.25) is 5.16 Å². The molecule has 1 N–H and O–H groups in total. The molecule has 0 fully saturated rings. The molecule has 2 aromatic heterocycles. The maximum Gasteiger partial charge on any atom is 0.263 e. The average molecular weight is 510 g/mol. The highest BCUT2D eigenvalue weighted by Crippen LogP contribution is 2.33. The Bertz CT molecular complexity index is 1610. The van der Waals surface area contributed by atoms with E-state index in [4.69, 9.17) is 11.6 Å². The van der Waals surface area contributed by atoms with Gasteiger partial charge in [-0.2, -0.15) is 4.68 Å². The third-order valence-electron chi connectivity index (χ3n) is 4.77. The molecule has 12 heteroatoms. The number of tetrazole rings is 1. The van der Waals surface area contributed by atoms with E-state index < -0.39 is 10.0 Å². The summed E-state index contributed by atoms with van der Waals surface area (Å²) in [6, 6.07) is 20.7. The highest BCUT2D eigenvalue weighted by atomic mass is 35.5. The molecular formula is C22H16ClN7O2S2. The maximum absolute atomic E-state index is 13.1. The zero-order chi connectivity index (χ0) is 23.7. The number of aryl methyl sites for hydroxylation is 1. The van der Waals surface area contributed by atoms with Gasteiger partial charge in [-0.05, 0) is 83.2 Å². The summed E-state index contributed by atoms with van der Waals surface area (Å²) >= 11 is 7.01. The van der Waals surface area contributed by atoms with Gasteiger partial charge >= 0.3 is 0 Å². The largest absolute Gasteiger partial charge is 0.263 e. The lowest BCUT2D eigenvalue weighted by molar-refractivity contribution is 0.601. The number of halogens is 1. The Balaban J connectivity index is 1.57. The van der Waals surface area contributed by atoms with Gasteiger partial charge in [-0.1, -0.05) is 35.9 Å². The van der Waals surface area contributed by atoms with Crippen LogP contribution < -0.4 is 4.72 Å². The summed E-state index contributed by atoms with van der Waals surface area (Å²) in [6.45, 7) is 1.97. The molecule has 0 atom stereocenters. The van der Waals surface area contributed by atoms with Crippen molar-refractivity contribution < 1.29 is 8.42 Å². The fourth-order valence-corrected chi connectivity index (χ4v) is 5.19. The number of sulfonamides is 1.